The van der Waals surface area contributed by atoms with E-state index in [1.54, 1.807) is 4.68 Å². The number of hydrogen-bond acceptors (Lipinski definition) is 3. The quantitative estimate of drug-likeness (QED) is 0.545. The molecule has 0 atom stereocenters. The zero-order chi connectivity index (χ0) is 19.3. The Morgan fingerprint density at radius 3 is 2.43 bits per heavy atom. The van der Waals surface area contributed by atoms with Gasteiger partial charge in [-0.15, -0.1) is 5.10 Å². The molecule has 0 spiro atoms. The topological polar surface area (TPSA) is 64.7 Å². The number of rotatable bonds is 6. The number of benzene rings is 2. The Bertz CT molecular complexity index is 1070. The average molecular weight is 392 g/mol. The Hall–Kier alpha value is -3.38. The number of amides is 1. The first-order chi connectivity index (χ1) is 13.7. The number of carbonyl (C=O) groups is 1. The van der Waals surface area contributed by atoms with E-state index in [1.807, 2.05) is 83.7 Å². The first-order valence-corrected chi connectivity index (χ1v) is 9.22. The molecule has 4 rings (SSSR count). The molecule has 0 fully saturated rings. The zero-order valence-electron chi connectivity index (χ0n) is 15.0. The SMILES string of the molecule is O=C(NCc1ccccc1)c1nnn(Cc2ccccc2Cl)c1-n1cccc1. The van der Waals surface area contributed by atoms with E-state index >= 15 is 0 Å². The fourth-order valence-corrected chi connectivity index (χ4v) is 3.14. The third kappa shape index (κ3) is 3.82. The maximum absolute atomic E-state index is 12.8. The molecule has 0 unspecified atom stereocenters. The van der Waals surface area contributed by atoms with Gasteiger partial charge in [-0.2, -0.15) is 0 Å². The zero-order valence-corrected chi connectivity index (χ0v) is 15.8. The van der Waals surface area contributed by atoms with Gasteiger partial charge in [-0.3, -0.25) is 4.79 Å². The summed E-state index contributed by atoms with van der Waals surface area (Å²) in [6.07, 6.45) is 3.71. The standard InChI is InChI=1S/C21H18ClN5O/c22-18-11-5-4-10-17(18)15-27-21(26-12-6-7-13-26)19(24-25-27)20(28)23-14-16-8-2-1-3-9-16/h1-13H,14-15H2,(H,23,28). The summed E-state index contributed by atoms with van der Waals surface area (Å²) in [5.74, 6) is 0.313. The number of halogens is 1. The summed E-state index contributed by atoms with van der Waals surface area (Å²) in [5.41, 5.74) is 2.18. The lowest BCUT2D eigenvalue weighted by atomic mass is 10.2. The maximum atomic E-state index is 12.8. The highest BCUT2D eigenvalue weighted by Gasteiger charge is 2.21. The molecule has 28 heavy (non-hydrogen) atoms. The molecule has 0 aliphatic rings. The Balaban J connectivity index is 1.63. The van der Waals surface area contributed by atoms with Crippen LogP contribution >= 0.6 is 11.6 Å². The van der Waals surface area contributed by atoms with Crippen LogP contribution in [0.2, 0.25) is 5.02 Å². The van der Waals surface area contributed by atoms with Crippen molar-refractivity contribution in [3.05, 3.63) is 101 Å². The second-order valence-electron chi connectivity index (χ2n) is 6.27. The number of carbonyl (C=O) groups excluding carboxylic acids is 1. The molecule has 0 saturated carbocycles. The van der Waals surface area contributed by atoms with Crippen molar-refractivity contribution in [1.29, 1.82) is 0 Å². The number of nitrogens with one attached hydrogen (secondary N) is 1. The normalized spacial score (nSPS) is 10.8. The molecule has 2 aromatic heterocycles. The predicted octanol–water partition coefficient (Wildman–Crippen LogP) is 3.70. The lowest BCUT2D eigenvalue weighted by molar-refractivity contribution is 0.0946. The number of hydrogen-bond donors (Lipinski definition) is 1. The molecule has 2 heterocycles. The largest absolute Gasteiger partial charge is 0.346 e. The van der Waals surface area contributed by atoms with Crippen LogP contribution in [0.4, 0.5) is 0 Å². The minimum Gasteiger partial charge on any atom is -0.346 e. The van der Waals surface area contributed by atoms with Gasteiger partial charge in [0.25, 0.3) is 5.91 Å². The highest BCUT2D eigenvalue weighted by molar-refractivity contribution is 6.31. The first-order valence-electron chi connectivity index (χ1n) is 8.85. The van der Waals surface area contributed by atoms with Crippen LogP contribution < -0.4 is 5.32 Å². The molecule has 0 radical (unpaired) electrons. The third-order valence-corrected chi connectivity index (χ3v) is 4.72. The molecule has 1 N–H and O–H groups in total. The first kappa shape index (κ1) is 18.0. The van der Waals surface area contributed by atoms with E-state index in [2.05, 4.69) is 15.6 Å². The van der Waals surface area contributed by atoms with Crippen LogP contribution in [0.3, 0.4) is 0 Å². The highest BCUT2D eigenvalue weighted by Crippen LogP contribution is 2.19. The molecule has 2 aromatic carbocycles. The van der Waals surface area contributed by atoms with E-state index in [0.29, 0.717) is 23.9 Å². The van der Waals surface area contributed by atoms with Gasteiger partial charge in [0, 0.05) is 24.0 Å². The van der Waals surface area contributed by atoms with E-state index in [4.69, 9.17) is 11.6 Å². The van der Waals surface area contributed by atoms with Crippen molar-refractivity contribution in [2.24, 2.45) is 0 Å². The third-order valence-electron chi connectivity index (χ3n) is 4.35. The summed E-state index contributed by atoms with van der Waals surface area (Å²) in [6, 6.07) is 21.1. The van der Waals surface area contributed by atoms with Crippen molar-refractivity contribution in [1.82, 2.24) is 24.9 Å². The Labute approximate surface area is 167 Å². The van der Waals surface area contributed by atoms with Gasteiger partial charge in [0.15, 0.2) is 11.5 Å². The van der Waals surface area contributed by atoms with Gasteiger partial charge in [-0.05, 0) is 29.3 Å². The summed E-state index contributed by atoms with van der Waals surface area (Å²) in [7, 11) is 0. The minimum absolute atomic E-state index is 0.263. The molecule has 0 bridgehead atoms. The number of aromatic nitrogens is 4. The molecule has 140 valence electrons. The van der Waals surface area contributed by atoms with Crippen LogP contribution in [0.25, 0.3) is 5.82 Å². The lowest BCUT2D eigenvalue weighted by Crippen LogP contribution is -2.25. The second kappa shape index (κ2) is 8.10. The molecular formula is C21H18ClN5O. The molecular weight excluding hydrogens is 374 g/mol. The fraction of sp³-hybridized carbons (Fsp3) is 0.0952. The molecule has 7 heteroatoms. The Morgan fingerprint density at radius 1 is 0.964 bits per heavy atom. The Kier molecular flexibility index (Phi) is 5.21. The molecule has 0 aliphatic heterocycles. The maximum Gasteiger partial charge on any atom is 0.276 e. The van der Waals surface area contributed by atoms with Crippen LogP contribution in [0.1, 0.15) is 21.6 Å². The predicted molar refractivity (Wildman–Crippen MR) is 108 cm³/mol. The van der Waals surface area contributed by atoms with Crippen LogP contribution in [0, 0.1) is 0 Å². The smallest absolute Gasteiger partial charge is 0.276 e. The van der Waals surface area contributed by atoms with E-state index < -0.39 is 0 Å². The summed E-state index contributed by atoms with van der Waals surface area (Å²) < 4.78 is 3.51. The molecule has 0 saturated heterocycles. The monoisotopic (exact) mass is 391 g/mol. The van der Waals surface area contributed by atoms with Gasteiger partial charge < -0.3 is 9.88 Å². The van der Waals surface area contributed by atoms with Gasteiger partial charge in [-0.1, -0.05) is 65.3 Å². The van der Waals surface area contributed by atoms with E-state index in [0.717, 1.165) is 11.1 Å². The van der Waals surface area contributed by atoms with E-state index in [1.165, 1.54) is 0 Å². The van der Waals surface area contributed by atoms with Gasteiger partial charge in [0.1, 0.15) is 0 Å². The Morgan fingerprint density at radius 2 is 1.68 bits per heavy atom. The van der Waals surface area contributed by atoms with Crippen molar-refractivity contribution >= 4 is 17.5 Å². The highest BCUT2D eigenvalue weighted by atomic mass is 35.5. The fourth-order valence-electron chi connectivity index (χ4n) is 2.94. The lowest BCUT2D eigenvalue weighted by Gasteiger charge is -2.10. The summed E-state index contributed by atoms with van der Waals surface area (Å²) in [5, 5.41) is 11.9. The van der Waals surface area contributed by atoms with Gasteiger partial charge in [0.05, 0.1) is 6.54 Å². The van der Waals surface area contributed by atoms with Crippen LogP contribution in [0.5, 0.6) is 0 Å². The minimum atomic E-state index is -0.280. The van der Waals surface area contributed by atoms with Crippen molar-refractivity contribution in [2.75, 3.05) is 0 Å². The second-order valence-corrected chi connectivity index (χ2v) is 6.68. The van der Waals surface area contributed by atoms with Gasteiger partial charge >= 0.3 is 0 Å². The van der Waals surface area contributed by atoms with Crippen LogP contribution in [-0.4, -0.2) is 25.5 Å². The van der Waals surface area contributed by atoms with Crippen molar-refractivity contribution in [2.45, 2.75) is 13.1 Å². The summed E-state index contributed by atoms with van der Waals surface area (Å²) >= 11 is 6.29. The van der Waals surface area contributed by atoms with Crippen LogP contribution in [0.15, 0.2) is 79.1 Å². The van der Waals surface area contributed by atoms with Crippen LogP contribution in [-0.2, 0) is 13.1 Å². The average Bonchev–Trinajstić information content (AvgIpc) is 3.38. The van der Waals surface area contributed by atoms with Gasteiger partial charge in [-0.25, -0.2) is 4.68 Å². The molecule has 6 nitrogen and oxygen atoms in total. The van der Waals surface area contributed by atoms with Crippen molar-refractivity contribution in [3.63, 3.8) is 0 Å². The van der Waals surface area contributed by atoms with Gasteiger partial charge in [0.2, 0.25) is 0 Å². The molecule has 4 aromatic rings. The van der Waals surface area contributed by atoms with E-state index in [9.17, 15) is 4.79 Å². The van der Waals surface area contributed by atoms with Crippen molar-refractivity contribution in [3.8, 4) is 5.82 Å². The van der Waals surface area contributed by atoms with Crippen molar-refractivity contribution < 1.29 is 4.79 Å². The summed E-state index contributed by atoms with van der Waals surface area (Å²) in [6.45, 7) is 0.828. The number of nitrogens with zero attached hydrogens (tertiary/aromatic N) is 4. The molecule has 1 amide bonds. The molecule has 0 aliphatic carbocycles. The summed E-state index contributed by atoms with van der Waals surface area (Å²) in [4.78, 5) is 12.8. The van der Waals surface area contributed by atoms with E-state index in [-0.39, 0.29) is 11.6 Å².